The monoisotopic (exact) mass is 380 g/mol. The van der Waals surface area contributed by atoms with Gasteiger partial charge < -0.3 is 15.0 Å². The van der Waals surface area contributed by atoms with E-state index in [4.69, 9.17) is 4.74 Å². The second-order valence-corrected chi connectivity index (χ2v) is 7.48. The van der Waals surface area contributed by atoms with Crippen LogP contribution < -0.4 is 10.1 Å². The summed E-state index contributed by atoms with van der Waals surface area (Å²) in [5.41, 5.74) is 1.85. The summed E-state index contributed by atoms with van der Waals surface area (Å²) in [5.74, 6) is 0.955. The molecule has 28 heavy (non-hydrogen) atoms. The van der Waals surface area contributed by atoms with Crippen LogP contribution in [-0.4, -0.2) is 66.1 Å². The summed E-state index contributed by atoms with van der Waals surface area (Å²) in [6.45, 7) is 6.21. The Labute approximate surface area is 166 Å². The van der Waals surface area contributed by atoms with Crippen molar-refractivity contribution < 1.29 is 9.53 Å². The third-order valence-electron chi connectivity index (χ3n) is 5.45. The molecule has 2 fully saturated rings. The van der Waals surface area contributed by atoms with Gasteiger partial charge in [-0.25, -0.2) is 0 Å². The quantitative estimate of drug-likeness (QED) is 0.862. The second kappa shape index (κ2) is 9.17. The maximum absolute atomic E-state index is 12.5. The number of ether oxygens (including phenoxy) is 1. The summed E-state index contributed by atoms with van der Waals surface area (Å²) in [7, 11) is 0. The number of piperazine rings is 1. The normalized spacial score (nSPS) is 18.8. The second-order valence-electron chi connectivity index (χ2n) is 7.48. The lowest BCUT2D eigenvalue weighted by atomic mass is 10.1. The van der Waals surface area contributed by atoms with Crippen molar-refractivity contribution in [1.29, 1.82) is 0 Å². The van der Waals surface area contributed by atoms with E-state index in [0.29, 0.717) is 0 Å². The van der Waals surface area contributed by atoms with Crippen molar-refractivity contribution in [3.8, 4) is 5.75 Å². The highest BCUT2D eigenvalue weighted by Crippen LogP contribution is 2.21. The lowest BCUT2D eigenvalue weighted by Crippen LogP contribution is -2.46. The zero-order chi connectivity index (χ0) is 19.2. The van der Waals surface area contributed by atoms with Crippen LogP contribution in [0.3, 0.4) is 0 Å². The Balaban J connectivity index is 1.25. The molecule has 1 amide bonds. The van der Waals surface area contributed by atoms with E-state index in [2.05, 4.69) is 21.3 Å². The van der Waals surface area contributed by atoms with Crippen molar-refractivity contribution in [3.63, 3.8) is 0 Å². The third-order valence-corrected chi connectivity index (χ3v) is 5.45. The molecule has 6 heteroatoms. The third kappa shape index (κ3) is 4.88. The molecular formula is C22H28N4O2. The Morgan fingerprint density at radius 2 is 1.79 bits per heavy atom. The number of benzene rings is 1. The summed E-state index contributed by atoms with van der Waals surface area (Å²) >= 11 is 0. The summed E-state index contributed by atoms with van der Waals surface area (Å²) in [5, 5.41) is 3.27. The Morgan fingerprint density at radius 1 is 1.04 bits per heavy atom. The molecule has 2 aromatic rings. The molecule has 0 atom stereocenters. The van der Waals surface area contributed by atoms with Crippen molar-refractivity contribution in [2.24, 2.45) is 0 Å². The first kappa shape index (κ1) is 18.9. The van der Waals surface area contributed by atoms with E-state index in [-0.39, 0.29) is 12.0 Å². The number of nitrogens with zero attached hydrogens (tertiary/aromatic N) is 3. The first-order valence-corrected chi connectivity index (χ1v) is 10.2. The van der Waals surface area contributed by atoms with Crippen LogP contribution in [0.15, 0.2) is 48.7 Å². The molecule has 148 valence electrons. The molecule has 2 aliphatic heterocycles. The number of pyridine rings is 1. The van der Waals surface area contributed by atoms with Crippen LogP contribution in [-0.2, 0) is 6.54 Å². The minimum Gasteiger partial charge on any atom is -0.490 e. The number of hydrogen-bond donors (Lipinski definition) is 1. The van der Waals surface area contributed by atoms with Crippen molar-refractivity contribution in [2.45, 2.75) is 25.5 Å². The van der Waals surface area contributed by atoms with Crippen molar-refractivity contribution in [1.82, 2.24) is 20.1 Å². The molecule has 1 N–H and O–H groups in total. The predicted octanol–water partition coefficient (Wildman–Crippen LogP) is 2.17. The fourth-order valence-electron chi connectivity index (χ4n) is 3.83. The van der Waals surface area contributed by atoms with E-state index in [1.165, 1.54) is 0 Å². The number of carbonyl (C=O) groups excluding carboxylic acids is 1. The highest BCUT2D eigenvalue weighted by Gasteiger charge is 2.21. The van der Waals surface area contributed by atoms with Crippen LogP contribution in [0.4, 0.5) is 0 Å². The van der Waals surface area contributed by atoms with Crippen molar-refractivity contribution in [2.75, 3.05) is 39.3 Å². The predicted molar refractivity (Wildman–Crippen MR) is 108 cm³/mol. The molecule has 0 aliphatic carbocycles. The largest absolute Gasteiger partial charge is 0.490 e. The summed E-state index contributed by atoms with van der Waals surface area (Å²) < 4.78 is 6.16. The average Bonchev–Trinajstić information content (AvgIpc) is 2.76. The fourth-order valence-corrected chi connectivity index (χ4v) is 3.83. The van der Waals surface area contributed by atoms with Crippen LogP contribution in [0.25, 0.3) is 0 Å². The van der Waals surface area contributed by atoms with Gasteiger partial charge in [0.1, 0.15) is 11.9 Å². The molecule has 4 rings (SSSR count). The number of aromatic nitrogens is 1. The molecule has 0 spiro atoms. The lowest BCUT2D eigenvalue weighted by Gasteiger charge is -2.32. The molecular weight excluding hydrogens is 352 g/mol. The van der Waals surface area contributed by atoms with Gasteiger partial charge in [-0.15, -0.1) is 0 Å². The first-order valence-electron chi connectivity index (χ1n) is 10.2. The van der Waals surface area contributed by atoms with Crippen LogP contribution in [0.1, 0.15) is 28.9 Å². The zero-order valence-corrected chi connectivity index (χ0v) is 16.2. The maximum atomic E-state index is 12.5. The molecule has 2 saturated heterocycles. The molecule has 0 radical (unpaired) electrons. The molecule has 3 heterocycles. The standard InChI is InChI=1S/C22H28N4O2/c27-22(26-15-11-23-12-16-26)18-4-6-20(7-5-18)28-21-8-13-25(14-9-21)17-19-3-1-2-10-24-19/h1-7,10,21,23H,8-9,11-17H2. The smallest absolute Gasteiger partial charge is 0.253 e. The average molecular weight is 380 g/mol. The number of carbonyl (C=O) groups is 1. The molecule has 6 nitrogen and oxygen atoms in total. The van der Waals surface area contributed by atoms with E-state index >= 15 is 0 Å². The van der Waals surface area contributed by atoms with Gasteiger partial charge in [0.05, 0.1) is 5.69 Å². The number of likely N-dealkylation sites (tertiary alicyclic amines) is 1. The van der Waals surface area contributed by atoms with Gasteiger partial charge in [0, 0.05) is 57.6 Å². The van der Waals surface area contributed by atoms with Gasteiger partial charge in [-0.1, -0.05) is 6.07 Å². The number of rotatable bonds is 5. The number of nitrogens with one attached hydrogen (secondary N) is 1. The number of amides is 1. The van der Waals surface area contributed by atoms with Gasteiger partial charge in [-0.3, -0.25) is 14.7 Å². The lowest BCUT2D eigenvalue weighted by molar-refractivity contribution is 0.0735. The Hall–Kier alpha value is -2.44. The van der Waals surface area contributed by atoms with Gasteiger partial charge in [-0.05, 0) is 49.2 Å². The van der Waals surface area contributed by atoms with Crippen LogP contribution in [0.2, 0.25) is 0 Å². The van der Waals surface area contributed by atoms with Gasteiger partial charge in [0.15, 0.2) is 0 Å². The van der Waals surface area contributed by atoms with Gasteiger partial charge in [-0.2, -0.15) is 0 Å². The Bertz CT molecular complexity index is 752. The molecule has 1 aromatic carbocycles. The number of piperidine rings is 1. The van der Waals surface area contributed by atoms with Crippen molar-refractivity contribution >= 4 is 5.91 Å². The molecule has 1 aromatic heterocycles. The van der Waals surface area contributed by atoms with Gasteiger partial charge >= 0.3 is 0 Å². The fraction of sp³-hybridized carbons (Fsp3) is 0.455. The van der Waals surface area contributed by atoms with E-state index in [1.807, 2.05) is 47.5 Å². The summed E-state index contributed by atoms with van der Waals surface area (Å²) in [6, 6.07) is 13.7. The van der Waals surface area contributed by atoms with Crippen molar-refractivity contribution in [3.05, 3.63) is 59.9 Å². The van der Waals surface area contributed by atoms with E-state index in [0.717, 1.165) is 75.7 Å². The van der Waals surface area contributed by atoms with Crippen LogP contribution >= 0.6 is 0 Å². The van der Waals surface area contributed by atoms with E-state index in [9.17, 15) is 4.79 Å². The highest BCUT2D eigenvalue weighted by molar-refractivity contribution is 5.94. The summed E-state index contributed by atoms with van der Waals surface area (Å²) in [4.78, 5) is 21.3. The Kier molecular flexibility index (Phi) is 6.19. The van der Waals surface area contributed by atoms with E-state index in [1.54, 1.807) is 0 Å². The van der Waals surface area contributed by atoms with Gasteiger partial charge in [0.2, 0.25) is 0 Å². The highest BCUT2D eigenvalue weighted by atomic mass is 16.5. The Morgan fingerprint density at radius 3 is 2.46 bits per heavy atom. The van der Waals surface area contributed by atoms with E-state index < -0.39 is 0 Å². The topological polar surface area (TPSA) is 57.7 Å². The SMILES string of the molecule is O=C(c1ccc(OC2CCN(Cc3ccccn3)CC2)cc1)N1CCNCC1. The minimum absolute atomic E-state index is 0.107. The molecule has 0 unspecified atom stereocenters. The van der Waals surface area contributed by atoms with Crippen LogP contribution in [0.5, 0.6) is 5.75 Å². The number of hydrogen-bond acceptors (Lipinski definition) is 5. The maximum Gasteiger partial charge on any atom is 0.253 e. The zero-order valence-electron chi connectivity index (χ0n) is 16.2. The summed E-state index contributed by atoms with van der Waals surface area (Å²) in [6.07, 6.45) is 4.10. The molecule has 2 aliphatic rings. The molecule has 0 bridgehead atoms. The molecule has 0 saturated carbocycles. The minimum atomic E-state index is 0.107. The van der Waals surface area contributed by atoms with Crippen LogP contribution in [0, 0.1) is 0 Å². The van der Waals surface area contributed by atoms with Gasteiger partial charge in [0.25, 0.3) is 5.91 Å². The first-order chi connectivity index (χ1) is 13.8.